The molecule has 0 unspecified atom stereocenters. The minimum Gasteiger partial charge on any atom is -0.485 e. The number of benzene rings is 1. The Morgan fingerprint density at radius 2 is 2.00 bits per heavy atom. The maximum absolute atomic E-state index is 12.7. The molecule has 0 bridgehead atoms. The van der Waals surface area contributed by atoms with Gasteiger partial charge in [0, 0.05) is 47.6 Å². The summed E-state index contributed by atoms with van der Waals surface area (Å²) in [7, 11) is 7.42. The fourth-order valence-corrected chi connectivity index (χ4v) is 2.89. The van der Waals surface area contributed by atoms with Crippen LogP contribution in [0.15, 0.2) is 18.2 Å². The largest absolute Gasteiger partial charge is 0.485 e. The molecule has 1 aromatic carbocycles. The third-order valence-corrected chi connectivity index (χ3v) is 4.51. The predicted octanol–water partition coefficient (Wildman–Crippen LogP) is 1.70. The van der Waals surface area contributed by atoms with Gasteiger partial charge in [-0.05, 0) is 12.1 Å². The fourth-order valence-electron chi connectivity index (χ4n) is 2.89. The third kappa shape index (κ3) is 3.63. The lowest BCUT2D eigenvalue weighted by atomic mass is 10.0. The molecule has 0 fully saturated rings. The summed E-state index contributed by atoms with van der Waals surface area (Å²) in [4.78, 5) is 29.6. The van der Waals surface area contributed by atoms with Crippen LogP contribution in [-0.4, -0.2) is 69.0 Å². The topological polar surface area (TPSA) is 53.1 Å². The second kappa shape index (κ2) is 7.11. The van der Waals surface area contributed by atoms with Crippen LogP contribution in [0.2, 0.25) is 0 Å². The molecule has 6 heteroatoms. The van der Waals surface area contributed by atoms with E-state index in [2.05, 4.69) is 0 Å². The van der Waals surface area contributed by atoms with Crippen molar-refractivity contribution in [3.05, 3.63) is 23.8 Å². The first-order valence-electron chi connectivity index (χ1n) is 8.16. The second-order valence-corrected chi connectivity index (χ2v) is 6.77. The van der Waals surface area contributed by atoms with Gasteiger partial charge in [-0.1, -0.05) is 13.0 Å². The average Bonchev–Trinajstić information content (AvgIpc) is 2.52. The Bertz CT molecular complexity index is 630. The monoisotopic (exact) mass is 333 g/mol. The van der Waals surface area contributed by atoms with Crippen LogP contribution in [0.5, 0.6) is 5.75 Å². The molecule has 0 saturated heterocycles. The number of hydrogen-bond acceptors (Lipinski definition) is 4. The van der Waals surface area contributed by atoms with Gasteiger partial charge in [0.15, 0.2) is 5.75 Å². The van der Waals surface area contributed by atoms with E-state index < -0.39 is 0 Å². The number of nitrogens with zero attached hydrogens (tertiary/aromatic N) is 3. The number of hydrogen-bond donors (Lipinski definition) is 0. The van der Waals surface area contributed by atoms with Crippen LogP contribution in [0, 0.1) is 5.92 Å². The van der Waals surface area contributed by atoms with E-state index in [1.165, 1.54) is 0 Å². The molecule has 1 aliphatic rings. The van der Waals surface area contributed by atoms with Crippen LogP contribution in [-0.2, 0) is 4.79 Å². The third-order valence-electron chi connectivity index (χ3n) is 4.51. The van der Waals surface area contributed by atoms with E-state index in [9.17, 15) is 9.59 Å². The van der Waals surface area contributed by atoms with Crippen LogP contribution in [0.4, 0.5) is 5.69 Å². The molecule has 1 aromatic rings. The highest BCUT2D eigenvalue weighted by molar-refractivity contribution is 5.99. The van der Waals surface area contributed by atoms with Crippen molar-refractivity contribution in [1.29, 1.82) is 0 Å². The van der Waals surface area contributed by atoms with Gasteiger partial charge in [-0.15, -0.1) is 0 Å². The SMILES string of the molecule is CC(=O)N(C)C[C@@H]1Oc2c(cccc2N(C)C)C(=O)N(C)C[C@H]1C. The van der Waals surface area contributed by atoms with E-state index in [-0.39, 0.29) is 23.8 Å². The maximum Gasteiger partial charge on any atom is 0.257 e. The Hall–Kier alpha value is -2.24. The lowest BCUT2D eigenvalue weighted by molar-refractivity contribution is -0.129. The molecular formula is C18H27N3O3. The molecule has 132 valence electrons. The smallest absolute Gasteiger partial charge is 0.257 e. The Morgan fingerprint density at radius 1 is 1.33 bits per heavy atom. The zero-order chi connectivity index (χ0) is 18.0. The molecule has 1 aliphatic heterocycles. The Balaban J connectivity index is 2.47. The van der Waals surface area contributed by atoms with Gasteiger partial charge in [0.1, 0.15) is 6.10 Å². The number of carbonyl (C=O) groups is 2. The van der Waals surface area contributed by atoms with Gasteiger partial charge in [-0.25, -0.2) is 0 Å². The quantitative estimate of drug-likeness (QED) is 0.845. The molecular weight excluding hydrogens is 306 g/mol. The number of para-hydroxylation sites is 1. The molecule has 0 aromatic heterocycles. The lowest BCUT2D eigenvalue weighted by Gasteiger charge is -2.35. The molecule has 0 radical (unpaired) electrons. The van der Waals surface area contributed by atoms with Crippen molar-refractivity contribution in [3.8, 4) is 5.75 Å². The number of ether oxygens (including phenoxy) is 1. The molecule has 2 atom stereocenters. The van der Waals surface area contributed by atoms with Crippen molar-refractivity contribution in [1.82, 2.24) is 9.80 Å². The highest BCUT2D eigenvalue weighted by Crippen LogP contribution is 2.35. The van der Waals surface area contributed by atoms with Gasteiger partial charge >= 0.3 is 0 Å². The zero-order valence-electron chi connectivity index (χ0n) is 15.4. The number of carbonyl (C=O) groups excluding carboxylic acids is 2. The lowest BCUT2D eigenvalue weighted by Crippen LogP contribution is -2.46. The first-order chi connectivity index (χ1) is 11.2. The number of amides is 2. The number of fused-ring (bicyclic) bond motifs is 1. The highest BCUT2D eigenvalue weighted by Gasteiger charge is 2.31. The fraction of sp³-hybridized carbons (Fsp3) is 0.556. The molecule has 1 heterocycles. The predicted molar refractivity (Wildman–Crippen MR) is 94.6 cm³/mol. The van der Waals surface area contributed by atoms with Crippen molar-refractivity contribution in [3.63, 3.8) is 0 Å². The van der Waals surface area contributed by atoms with Crippen molar-refractivity contribution in [2.75, 3.05) is 46.2 Å². The van der Waals surface area contributed by atoms with Gasteiger partial charge in [0.25, 0.3) is 5.91 Å². The Kier molecular flexibility index (Phi) is 5.36. The van der Waals surface area contributed by atoms with Crippen LogP contribution in [0.25, 0.3) is 0 Å². The second-order valence-electron chi connectivity index (χ2n) is 6.77. The van der Waals surface area contributed by atoms with Gasteiger partial charge < -0.3 is 19.4 Å². The molecule has 0 saturated carbocycles. The van der Waals surface area contributed by atoms with Crippen molar-refractivity contribution < 1.29 is 14.3 Å². The maximum atomic E-state index is 12.7. The first-order valence-corrected chi connectivity index (χ1v) is 8.16. The van der Waals surface area contributed by atoms with Crippen molar-refractivity contribution in [2.45, 2.75) is 20.0 Å². The van der Waals surface area contributed by atoms with Gasteiger partial charge in [0.2, 0.25) is 5.91 Å². The number of likely N-dealkylation sites (N-methyl/N-ethyl adjacent to an activating group) is 1. The molecule has 24 heavy (non-hydrogen) atoms. The van der Waals surface area contributed by atoms with E-state index in [4.69, 9.17) is 4.74 Å². The minimum atomic E-state index is -0.186. The molecule has 0 N–H and O–H groups in total. The Labute approximate surface area is 144 Å². The van der Waals surface area contributed by atoms with Crippen LogP contribution in [0.3, 0.4) is 0 Å². The minimum absolute atomic E-state index is 0.00147. The van der Waals surface area contributed by atoms with Crippen LogP contribution < -0.4 is 9.64 Å². The van der Waals surface area contributed by atoms with E-state index in [0.717, 1.165) is 5.69 Å². The van der Waals surface area contributed by atoms with Gasteiger partial charge in [-0.3, -0.25) is 9.59 Å². The van der Waals surface area contributed by atoms with E-state index in [1.807, 2.05) is 45.1 Å². The molecule has 2 amide bonds. The summed E-state index contributed by atoms with van der Waals surface area (Å²) in [6.45, 7) is 4.66. The normalized spacial score (nSPS) is 20.6. The molecule has 6 nitrogen and oxygen atoms in total. The molecule has 0 spiro atoms. The summed E-state index contributed by atoms with van der Waals surface area (Å²) < 4.78 is 6.30. The summed E-state index contributed by atoms with van der Waals surface area (Å²) in [6.07, 6.45) is -0.186. The summed E-state index contributed by atoms with van der Waals surface area (Å²) in [5.74, 6) is 0.648. The molecule has 2 rings (SSSR count). The molecule has 0 aliphatic carbocycles. The standard InChI is InChI=1S/C18H27N3O3/c1-12-10-21(6)18(23)14-8-7-9-15(19(3)4)17(14)24-16(12)11-20(5)13(2)22/h7-9,12,16H,10-11H2,1-6H3/t12-,16+/m1/s1. The summed E-state index contributed by atoms with van der Waals surface area (Å²) in [5.41, 5.74) is 1.42. The van der Waals surface area contributed by atoms with E-state index in [0.29, 0.717) is 24.4 Å². The summed E-state index contributed by atoms with van der Waals surface area (Å²) in [5, 5.41) is 0. The number of anilines is 1. The van der Waals surface area contributed by atoms with Crippen LogP contribution >= 0.6 is 0 Å². The summed E-state index contributed by atoms with van der Waals surface area (Å²) in [6, 6.07) is 5.60. The van der Waals surface area contributed by atoms with Crippen LogP contribution in [0.1, 0.15) is 24.2 Å². The van der Waals surface area contributed by atoms with Gasteiger partial charge in [0.05, 0.1) is 17.8 Å². The van der Waals surface area contributed by atoms with Crippen molar-refractivity contribution in [2.24, 2.45) is 5.92 Å². The zero-order valence-corrected chi connectivity index (χ0v) is 15.4. The highest BCUT2D eigenvalue weighted by atomic mass is 16.5. The first kappa shape index (κ1) is 18.1. The van der Waals surface area contributed by atoms with E-state index >= 15 is 0 Å². The van der Waals surface area contributed by atoms with E-state index in [1.54, 1.807) is 29.8 Å². The summed E-state index contributed by atoms with van der Waals surface area (Å²) >= 11 is 0. The number of rotatable bonds is 3. The van der Waals surface area contributed by atoms with Crippen molar-refractivity contribution >= 4 is 17.5 Å². The van der Waals surface area contributed by atoms with Gasteiger partial charge in [-0.2, -0.15) is 0 Å². The Morgan fingerprint density at radius 3 is 2.58 bits per heavy atom. The average molecular weight is 333 g/mol.